The minimum Gasteiger partial charge on any atom is -0.494 e. The van der Waals surface area contributed by atoms with Gasteiger partial charge in [0.2, 0.25) is 0 Å². The Hall–Kier alpha value is -2.73. The third kappa shape index (κ3) is 6.46. The van der Waals surface area contributed by atoms with Crippen molar-refractivity contribution in [3.05, 3.63) is 65.5 Å². The van der Waals surface area contributed by atoms with Crippen molar-refractivity contribution in [2.45, 2.75) is 32.9 Å². The molecular formula is C22H28FN2O3+. The number of ketones is 1. The second kappa shape index (κ2) is 10.6. The van der Waals surface area contributed by atoms with E-state index in [0.29, 0.717) is 19.5 Å². The van der Waals surface area contributed by atoms with Crippen molar-refractivity contribution in [3.63, 3.8) is 0 Å². The van der Waals surface area contributed by atoms with Gasteiger partial charge >= 0.3 is 0 Å². The Morgan fingerprint density at radius 3 is 2.43 bits per heavy atom. The van der Waals surface area contributed by atoms with Crippen LogP contribution in [-0.4, -0.2) is 37.9 Å². The zero-order valence-corrected chi connectivity index (χ0v) is 16.6. The van der Waals surface area contributed by atoms with E-state index in [-0.39, 0.29) is 24.0 Å². The van der Waals surface area contributed by atoms with Gasteiger partial charge in [-0.25, -0.2) is 4.39 Å². The molecule has 0 heterocycles. The number of hydrogen-bond acceptors (Lipinski definition) is 3. The Labute approximate surface area is 165 Å². The normalized spacial score (nSPS) is 12.9. The lowest BCUT2D eigenvalue weighted by Crippen LogP contribution is -3.11. The molecule has 0 aliphatic rings. The third-order valence-electron chi connectivity index (χ3n) is 4.69. The second-order valence-corrected chi connectivity index (χ2v) is 6.85. The first-order valence-corrected chi connectivity index (χ1v) is 9.42. The molecule has 28 heavy (non-hydrogen) atoms. The van der Waals surface area contributed by atoms with E-state index in [1.807, 2.05) is 37.3 Å². The number of carbonyl (C=O) groups is 2. The van der Waals surface area contributed by atoms with E-state index < -0.39 is 11.9 Å². The molecule has 2 rings (SSSR count). The van der Waals surface area contributed by atoms with Crippen LogP contribution in [0.5, 0.6) is 5.75 Å². The Morgan fingerprint density at radius 1 is 1.14 bits per heavy atom. The highest BCUT2D eigenvalue weighted by molar-refractivity contribution is 5.88. The molecule has 0 fully saturated rings. The first-order chi connectivity index (χ1) is 13.4. The number of halogens is 1. The van der Waals surface area contributed by atoms with E-state index in [2.05, 4.69) is 5.32 Å². The standard InChI is InChI=1S/C22H27FN2O3/c1-4-25(14-18-10-11-21(28-3)19(23)12-18)15-22(27)24-20(16(2)26)13-17-8-6-5-7-9-17/h5-12,20H,4,13-15H2,1-3H3,(H,24,27)/p+1/t20-/m1/s1. The fourth-order valence-electron chi connectivity index (χ4n) is 3.04. The van der Waals surface area contributed by atoms with Crippen LogP contribution in [0.2, 0.25) is 0 Å². The van der Waals surface area contributed by atoms with Crippen molar-refractivity contribution < 1.29 is 23.6 Å². The molecule has 1 unspecified atom stereocenters. The molecule has 0 aliphatic heterocycles. The number of benzene rings is 2. The Morgan fingerprint density at radius 2 is 1.86 bits per heavy atom. The van der Waals surface area contributed by atoms with Gasteiger partial charge in [0.25, 0.3) is 5.91 Å². The molecule has 2 N–H and O–H groups in total. The molecule has 0 saturated carbocycles. The van der Waals surface area contributed by atoms with Crippen LogP contribution in [0.3, 0.4) is 0 Å². The van der Waals surface area contributed by atoms with E-state index in [0.717, 1.165) is 16.0 Å². The van der Waals surface area contributed by atoms with Gasteiger partial charge in [-0.3, -0.25) is 9.59 Å². The number of quaternary nitrogens is 1. The molecule has 5 nitrogen and oxygen atoms in total. The van der Waals surface area contributed by atoms with Gasteiger partial charge in [-0.15, -0.1) is 0 Å². The lowest BCUT2D eigenvalue weighted by atomic mass is 10.0. The van der Waals surface area contributed by atoms with Crippen LogP contribution in [0.15, 0.2) is 48.5 Å². The van der Waals surface area contributed by atoms with Gasteiger partial charge in [-0.1, -0.05) is 30.3 Å². The van der Waals surface area contributed by atoms with Crippen LogP contribution in [0, 0.1) is 5.82 Å². The predicted octanol–water partition coefficient (Wildman–Crippen LogP) is 1.56. The quantitative estimate of drug-likeness (QED) is 0.650. The van der Waals surface area contributed by atoms with Crippen molar-refractivity contribution in [3.8, 4) is 5.75 Å². The predicted molar refractivity (Wildman–Crippen MR) is 106 cm³/mol. The van der Waals surface area contributed by atoms with Crippen molar-refractivity contribution in [1.29, 1.82) is 0 Å². The summed E-state index contributed by atoms with van der Waals surface area (Å²) in [6.45, 7) is 4.87. The minimum atomic E-state index is -0.550. The number of ether oxygens (including phenoxy) is 1. The van der Waals surface area contributed by atoms with Crippen LogP contribution in [0.1, 0.15) is 25.0 Å². The summed E-state index contributed by atoms with van der Waals surface area (Å²) in [4.78, 5) is 25.4. The van der Waals surface area contributed by atoms with Gasteiger partial charge in [-0.05, 0) is 44.0 Å². The van der Waals surface area contributed by atoms with Gasteiger partial charge in [0, 0.05) is 5.56 Å². The molecule has 150 valence electrons. The average molecular weight is 387 g/mol. The van der Waals surface area contributed by atoms with Gasteiger partial charge in [-0.2, -0.15) is 0 Å². The molecule has 0 aliphatic carbocycles. The Bertz CT molecular complexity index is 796. The molecule has 0 bridgehead atoms. The fraction of sp³-hybridized carbons (Fsp3) is 0.364. The highest BCUT2D eigenvalue weighted by Crippen LogP contribution is 2.17. The van der Waals surface area contributed by atoms with Gasteiger partial charge in [0.05, 0.1) is 19.7 Å². The van der Waals surface area contributed by atoms with E-state index in [1.165, 1.54) is 20.1 Å². The highest BCUT2D eigenvalue weighted by atomic mass is 19.1. The van der Waals surface area contributed by atoms with Gasteiger partial charge in [0.1, 0.15) is 6.54 Å². The number of methoxy groups -OCH3 is 1. The number of amides is 1. The molecule has 0 aromatic heterocycles. The Balaban J connectivity index is 1.96. The summed E-state index contributed by atoms with van der Waals surface area (Å²) in [5.41, 5.74) is 1.78. The molecule has 1 amide bonds. The van der Waals surface area contributed by atoms with Crippen LogP contribution in [0.4, 0.5) is 4.39 Å². The number of likely N-dealkylation sites (N-methyl/N-ethyl adjacent to an activating group) is 1. The number of Topliss-reactive ketones (excluding diaryl/α,β-unsaturated/α-hetero) is 1. The van der Waals surface area contributed by atoms with E-state index in [1.54, 1.807) is 12.1 Å². The van der Waals surface area contributed by atoms with Gasteiger partial charge < -0.3 is 15.0 Å². The van der Waals surface area contributed by atoms with Crippen LogP contribution in [-0.2, 0) is 22.6 Å². The van der Waals surface area contributed by atoms with E-state index >= 15 is 0 Å². The molecule has 0 saturated heterocycles. The summed E-state index contributed by atoms with van der Waals surface area (Å²) in [5.74, 6) is -0.487. The van der Waals surface area contributed by atoms with Crippen molar-refractivity contribution >= 4 is 11.7 Å². The smallest absolute Gasteiger partial charge is 0.275 e. The maximum atomic E-state index is 13.9. The number of nitrogens with one attached hydrogen (secondary N) is 2. The Kier molecular flexibility index (Phi) is 8.14. The van der Waals surface area contributed by atoms with E-state index in [4.69, 9.17) is 4.74 Å². The maximum absolute atomic E-state index is 13.9. The zero-order valence-electron chi connectivity index (χ0n) is 16.6. The molecule has 0 radical (unpaired) electrons. The van der Waals surface area contributed by atoms with Gasteiger partial charge in [0.15, 0.2) is 23.9 Å². The molecule has 2 aromatic rings. The van der Waals surface area contributed by atoms with Crippen molar-refractivity contribution in [1.82, 2.24) is 5.32 Å². The molecule has 2 atom stereocenters. The lowest BCUT2D eigenvalue weighted by Gasteiger charge is -2.20. The number of hydrogen-bond donors (Lipinski definition) is 2. The summed E-state index contributed by atoms with van der Waals surface area (Å²) in [7, 11) is 1.42. The summed E-state index contributed by atoms with van der Waals surface area (Å²) in [6.07, 6.45) is 0.465. The second-order valence-electron chi connectivity index (χ2n) is 6.85. The fourth-order valence-corrected chi connectivity index (χ4v) is 3.04. The average Bonchev–Trinajstić information content (AvgIpc) is 2.67. The summed E-state index contributed by atoms with van der Waals surface area (Å²) in [6, 6.07) is 13.9. The van der Waals surface area contributed by atoms with Crippen LogP contribution < -0.4 is 15.0 Å². The monoisotopic (exact) mass is 387 g/mol. The SMILES string of the molecule is CC[NH+](CC(=O)N[C@H](Cc1ccccc1)C(C)=O)Cc1ccc(OC)c(F)c1. The third-order valence-corrected chi connectivity index (χ3v) is 4.69. The van der Waals surface area contributed by atoms with Crippen LogP contribution >= 0.6 is 0 Å². The minimum absolute atomic E-state index is 0.0764. The summed E-state index contributed by atoms with van der Waals surface area (Å²) >= 11 is 0. The largest absolute Gasteiger partial charge is 0.494 e. The topological polar surface area (TPSA) is 59.8 Å². The molecule has 0 spiro atoms. The lowest BCUT2D eigenvalue weighted by molar-refractivity contribution is -0.904. The summed E-state index contributed by atoms with van der Waals surface area (Å²) in [5, 5.41) is 2.84. The van der Waals surface area contributed by atoms with Crippen LogP contribution in [0.25, 0.3) is 0 Å². The first kappa shape index (κ1) is 21.6. The highest BCUT2D eigenvalue weighted by Gasteiger charge is 2.21. The number of rotatable bonds is 10. The molecule has 6 heteroatoms. The first-order valence-electron chi connectivity index (χ1n) is 9.42. The van der Waals surface area contributed by atoms with E-state index in [9.17, 15) is 14.0 Å². The molecule has 2 aromatic carbocycles. The van der Waals surface area contributed by atoms with Crippen molar-refractivity contribution in [2.75, 3.05) is 20.2 Å². The number of carbonyl (C=O) groups excluding carboxylic acids is 2. The maximum Gasteiger partial charge on any atom is 0.275 e. The summed E-state index contributed by atoms with van der Waals surface area (Å²) < 4.78 is 18.8. The van der Waals surface area contributed by atoms with Crippen molar-refractivity contribution in [2.24, 2.45) is 0 Å². The molecular weight excluding hydrogens is 359 g/mol. The zero-order chi connectivity index (χ0) is 20.5.